The molecule has 110 valence electrons. The van der Waals surface area contributed by atoms with Crippen molar-refractivity contribution in [3.63, 3.8) is 0 Å². The zero-order chi connectivity index (χ0) is 15.4. The van der Waals surface area contributed by atoms with Crippen LogP contribution in [0.3, 0.4) is 0 Å². The van der Waals surface area contributed by atoms with E-state index in [1.807, 2.05) is 36.6 Å². The Labute approximate surface area is 131 Å². The van der Waals surface area contributed by atoms with Crippen LogP contribution in [0, 0.1) is 6.92 Å². The monoisotopic (exact) mass is 323 g/mol. The molecular formula is C15H14ClNO3S. The third kappa shape index (κ3) is 3.43. The van der Waals surface area contributed by atoms with E-state index in [0.29, 0.717) is 10.6 Å². The number of methoxy groups -OCH3 is 1. The van der Waals surface area contributed by atoms with Crippen molar-refractivity contribution in [1.29, 1.82) is 0 Å². The summed E-state index contributed by atoms with van der Waals surface area (Å²) in [7, 11) is 1.31. The number of alkyl halides is 1. The first kappa shape index (κ1) is 15.5. The van der Waals surface area contributed by atoms with E-state index < -0.39 is 5.97 Å². The summed E-state index contributed by atoms with van der Waals surface area (Å²) in [6.45, 7) is 1.99. The average molecular weight is 324 g/mol. The Bertz CT molecular complexity index is 664. The highest BCUT2D eigenvalue weighted by atomic mass is 35.5. The maximum absolute atomic E-state index is 12.0. The molecule has 0 fully saturated rings. The highest BCUT2D eigenvalue weighted by molar-refractivity contribution is 7.15. The molecule has 0 bridgehead atoms. The first-order chi connectivity index (χ1) is 10.1. The van der Waals surface area contributed by atoms with Crippen molar-refractivity contribution in [2.24, 2.45) is 0 Å². The molecule has 1 amide bonds. The lowest BCUT2D eigenvalue weighted by molar-refractivity contribution is -0.113. The Morgan fingerprint density at radius 1 is 1.29 bits per heavy atom. The minimum atomic E-state index is -0.489. The quantitative estimate of drug-likeness (QED) is 0.689. The molecule has 0 saturated carbocycles. The topological polar surface area (TPSA) is 55.4 Å². The number of carbonyl (C=O) groups is 2. The SMILES string of the molecule is COC(=O)c1c(-c2ccc(C)cc2)csc1NC(=O)CCl. The van der Waals surface area contributed by atoms with Crippen molar-refractivity contribution in [1.82, 2.24) is 0 Å². The summed E-state index contributed by atoms with van der Waals surface area (Å²) in [5.74, 6) is -1.02. The fourth-order valence-electron chi connectivity index (χ4n) is 1.86. The number of hydrogen-bond acceptors (Lipinski definition) is 4. The maximum Gasteiger partial charge on any atom is 0.341 e. The molecule has 21 heavy (non-hydrogen) atoms. The van der Waals surface area contributed by atoms with Crippen molar-refractivity contribution in [3.8, 4) is 11.1 Å². The highest BCUT2D eigenvalue weighted by Crippen LogP contribution is 2.36. The molecule has 1 heterocycles. The van der Waals surface area contributed by atoms with Crippen molar-refractivity contribution in [2.75, 3.05) is 18.3 Å². The van der Waals surface area contributed by atoms with Gasteiger partial charge in [-0.15, -0.1) is 22.9 Å². The van der Waals surface area contributed by atoms with E-state index in [1.165, 1.54) is 18.4 Å². The molecule has 4 nitrogen and oxygen atoms in total. The lowest BCUT2D eigenvalue weighted by Gasteiger charge is -2.07. The average Bonchev–Trinajstić information content (AvgIpc) is 2.90. The molecule has 1 N–H and O–H groups in total. The molecule has 2 aromatic rings. The van der Waals surface area contributed by atoms with Crippen LogP contribution in [-0.4, -0.2) is 24.9 Å². The third-order valence-corrected chi connectivity index (χ3v) is 4.06. The van der Waals surface area contributed by atoms with E-state index in [9.17, 15) is 9.59 Å². The van der Waals surface area contributed by atoms with Gasteiger partial charge in [0.05, 0.1) is 7.11 Å². The van der Waals surface area contributed by atoms with Crippen LogP contribution in [0.1, 0.15) is 15.9 Å². The summed E-state index contributed by atoms with van der Waals surface area (Å²) < 4.78 is 4.82. The Hall–Kier alpha value is -1.85. The standard InChI is InChI=1S/C15H14ClNO3S/c1-9-3-5-10(6-4-9)11-8-21-14(17-12(18)7-16)13(11)15(19)20-2/h3-6,8H,7H2,1-2H3,(H,17,18). The summed E-state index contributed by atoms with van der Waals surface area (Å²) in [6.07, 6.45) is 0. The third-order valence-electron chi connectivity index (χ3n) is 2.92. The van der Waals surface area contributed by atoms with Crippen LogP contribution in [0.25, 0.3) is 11.1 Å². The Morgan fingerprint density at radius 3 is 2.52 bits per heavy atom. The highest BCUT2D eigenvalue weighted by Gasteiger charge is 2.22. The number of halogens is 1. The van der Waals surface area contributed by atoms with Gasteiger partial charge in [0.25, 0.3) is 0 Å². The van der Waals surface area contributed by atoms with Crippen molar-refractivity contribution < 1.29 is 14.3 Å². The number of anilines is 1. The smallest absolute Gasteiger partial charge is 0.341 e. The lowest BCUT2D eigenvalue weighted by atomic mass is 10.0. The minimum absolute atomic E-state index is 0.168. The van der Waals surface area contributed by atoms with Crippen LogP contribution in [0.4, 0.5) is 5.00 Å². The summed E-state index contributed by atoms with van der Waals surface area (Å²) in [6, 6.07) is 7.78. The van der Waals surface area contributed by atoms with Gasteiger partial charge in [0, 0.05) is 10.9 Å². The molecule has 0 aliphatic carbocycles. The second-order valence-electron chi connectivity index (χ2n) is 4.39. The summed E-state index contributed by atoms with van der Waals surface area (Å²) >= 11 is 6.76. The Morgan fingerprint density at radius 2 is 1.95 bits per heavy atom. The molecule has 1 aromatic heterocycles. The molecule has 0 radical (unpaired) electrons. The van der Waals surface area contributed by atoms with Gasteiger partial charge in [-0.3, -0.25) is 4.79 Å². The van der Waals surface area contributed by atoms with Gasteiger partial charge in [0.15, 0.2) is 0 Å². The number of amides is 1. The van der Waals surface area contributed by atoms with Crippen molar-refractivity contribution in [2.45, 2.75) is 6.92 Å². The van der Waals surface area contributed by atoms with E-state index in [0.717, 1.165) is 16.7 Å². The van der Waals surface area contributed by atoms with E-state index >= 15 is 0 Å². The first-order valence-corrected chi connectivity index (χ1v) is 7.61. The van der Waals surface area contributed by atoms with Gasteiger partial charge in [-0.25, -0.2) is 4.79 Å². The zero-order valence-electron chi connectivity index (χ0n) is 11.6. The van der Waals surface area contributed by atoms with E-state index in [1.54, 1.807) is 0 Å². The molecule has 0 saturated heterocycles. The summed E-state index contributed by atoms with van der Waals surface area (Å²) in [5, 5.41) is 4.89. The van der Waals surface area contributed by atoms with Crippen molar-refractivity contribution >= 4 is 39.8 Å². The molecule has 0 spiro atoms. The number of esters is 1. The number of benzene rings is 1. The van der Waals surface area contributed by atoms with Gasteiger partial charge in [-0.2, -0.15) is 0 Å². The van der Waals surface area contributed by atoms with Gasteiger partial charge in [-0.05, 0) is 12.5 Å². The molecule has 0 atom stereocenters. The Kier molecular flexibility index (Phi) is 4.98. The van der Waals surface area contributed by atoms with Crippen LogP contribution in [-0.2, 0) is 9.53 Å². The van der Waals surface area contributed by atoms with Crippen LogP contribution >= 0.6 is 22.9 Å². The summed E-state index contributed by atoms with van der Waals surface area (Å²) in [4.78, 5) is 23.5. The van der Waals surface area contributed by atoms with E-state index in [2.05, 4.69) is 5.32 Å². The molecule has 0 unspecified atom stereocenters. The summed E-state index contributed by atoms with van der Waals surface area (Å²) in [5.41, 5.74) is 3.11. The van der Waals surface area contributed by atoms with Crippen molar-refractivity contribution in [3.05, 3.63) is 40.8 Å². The predicted molar refractivity (Wildman–Crippen MR) is 85.2 cm³/mol. The maximum atomic E-state index is 12.0. The van der Waals surface area contributed by atoms with Crippen LogP contribution < -0.4 is 5.32 Å². The van der Waals surface area contributed by atoms with E-state index in [4.69, 9.17) is 16.3 Å². The molecule has 1 aromatic carbocycles. The van der Waals surface area contributed by atoms with E-state index in [-0.39, 0.29) is 11.8 Å². The number of rotatable bonds is 4. The fourth-order valence-corrected chi connectivity index (χ4v) is 2.90. The first-order valence-electron chi connectivity index (χ1n) is 6.19. The second-order valence-corrected chi connectivity index (χ2v) is 5.54. The second kappa shape index (κ2) is 6.74. The minimum Gasteiger partial charge on any atom is -0.465 e. The lowest BCUT2D eigenvalue weighted by Crippen LogP contribution is -2.14. The number of hydrogen-bond donors (Lipinski definition) is 1. The molecule has 0 aliphatic heterocycles. The Balaban J connectivity index is 2.48. The number of aryl methyl sites for hydroxylation is 1. The van der Waals surface area contributed by atoms with Crippen LogP contribution in [0.15, 0.2) is 29.6 Å². The van der Waals surface area contributed by atoms with Gasteiger partial charge < -0.3 is 10.1 Å². The molecule has 6 heteroatoms. The molecular weight excluding hydrogens is 310 g/mol. The molecule has 2 rings (SSSR count). The van der Waals surface area contributed by atoms with Gasteiger partial charge >= 0.3 is 5.97 Å². The van der Waals surface area contributed by atoms with Gasteiger partial charge in [-0.1, -0.05) is 29.8 Å². The number of thiophene rings is 1. The van der Waals surface area contributed by atoms with Gasteiger partial charge in [0.2, 0.25) is 5.91 Å². The number of ether oxygens (including phenoxy) is 1. The van der Waals surface area contributed by atoms with Crippen LogP contribution in [0.2, 0.25) is 0 Å². The van der Waals surface area contributed by atoms with Gasteiger partial charge in [0.1, 0.15) is 16.4 Å². The zero-order valence-corrected chi connectivity index (χ0v) is 13.2. The van der Waals surface area contributed by atoms with Crippen LogP contribution in [0.5, 0.6) is 0 Å². The normalized spacial score (nSPS) is 10.2. The largest absolute Gasteiger partial charge is 0.465 e. The fraction of sp³-hybridized carbons (Fsp3) is 0.200. The number of carbonyl (C=O) groups excluding carboxylic acids is 2. The number of nitrogens with one attached hydrogen (secondary N) is 1. The predicted octanol–water partition coefficient (Wildman–Crippen LogP) is 3.69. The molecule has 0 aliphatic rings.